The summed E-state index contributed by atoms with van der Waals surface area (Å²) >= 11 is 0. The molecule has 2 amide bonds. The standard InChI is InChI=1S/C16H30N2O3/c1-4-13(5-2)12-18(6-3)15(21)17-16(14(19)20)10-8-7-9-11-16/h13H,4-12H2,1-3H3,(H,17,21)(H,19,20). The third kappa shape index (κ3) is 4.61. The quantitative estimate of drug-likeness (QED) is 0.758. The van der Waals surface area contributed by atoms with Crippen molar-refractivity contribution in [2.75, 3.05) is 13.1 Å². The number of carboxylic acid groups (broad SMARTS) is 1. The molecule has 0 aromatic rings. The topological polar surface area (TPSA) is 69.6 Å². The molecule has 1 rings (SSSR count). The van der Waals surface area contributed by atoms with Gasteiger partial charge in [-0.25, -0.2) is 9.59 Å². The number of rotatable bonds is 7. The van der Waals surface area contributed by atoms with Crippen molar-refractivity contribution in [2.24, 2.45) is 5.92 Å². The number of nitrogens with one attached hydrogen (secondary N) is 1. The minimum absolute atomic E-state index is 0.228. The van der Waals surface area contributed by atoms with Crippen LogP contribution in [0.15, 0.2) is 0 Å². The summed E-state index contributed by atoms with van der Waals surface area (Å²) in [4.78, 5) is 25.8. The molecule has 1 fully saturated rings. The zero-order valence-electron chi connectivity index (χ0n) is 13.7. The van der Waals surface area contributed by atoms with Crippen LogP contribution < -0.4 is 5.32 Å². The van der Waals surface area contributed by atoms with Gasteiger partial charge in [0.25, 0.3) is 0 Å². The molecule has 122 valence electrons. The van der Waals surface area contributed by atoms with Crippen molar-refractivity contribution in [1.82, 2.24) is 10.2 Å². The molecule has 0 spiro atoms. The van der Waals surface area contributed by atoms with Crippen molar-refractivity contribution < 1.29 is 14.7 Å². The summed E-state index contributed by atoms with van der Waals surface area (Å²) in [6.45, 7) is 7.50. The lowest BCUT2D eigenvalue weighted by atomic mass is 9.82. The van der Waals surface area contributed by atoms with Gasteiger partial charge in [-0.2, -0.15) is 0 Å². The Balaban J connectivity index is 2.72. The summed E-state index contributed by atoms with van der Waals surface area (Å²) in [6.07, 6.45) is 5.93. The monoisotopic (exact) mass is 298 g/mol. The average molecular weight is 298 g/mol. The number of urea groups is 1. The Morgan fingerprint density at radius 3 is 2.14 bits per heavy atom. The molecule has 2 N–H and O–H groups in total. The van der Waals surface area contributed by atoms with Crippen LogP contribution in [0.5, 0.6) is 0 Å². The zero-order chi connectivity index (χ0) is 15.9. The maximum Gasteiger partial charge on any atom is 0.329 e. The molecule has 1 saturated carbocycles. The first-order valence-corrected chi connectivity index (χ1v) is 8.29. The molecule has 1 aliphatic rings. The first-order chi connectivity index (χ1) is 9.99. The zero-order valence-corrected chi connectivity index (χ0v) is 13.7. The molecule has 0 heterocycles. The fourth-order valence-electron chi connectivity index (χ4n) is 3.05. The van der Waals surface area contributed by atoms with E-state index in [0.29, 0.717) is 31.8 Å². The SMILES string of the molecule is CCC(CC)CN(CC)C(=O)NC1(C(=O)O)CCCCC1. The van der Waals surface area contributed by atoms with E-state index in [9.17, 15) is 14.7 Å². The molecule has 1 aliphatic carbocycles. The van der Waals surface area contributed by atoms with Crippen LogP contribution in [0.25, 0.3) is 0 Å². The summed E-state index contributed by atoms with van der Waals surface area (Å²) in [5.41, 5.74) is -1.06. The molecular formula is C16H30N2O3. The van der Waals surface area contributed by atoms with Crippen molar-refractivity contribution in [2.45, 2.75) is 71.3 Å². The van der Waals surface area contributed by atoms with Gasteiger partial charge in [-0.3, -0.25) is 0 Å². The highest BCUT2D eigenvalue weighted by Gasteiger charge is 2.41. The van der Waals surface area contributed by atoms with Crippen molar-refractivity contribution in [3.8, 4) is 0 Å². The van der Waals surface area contributed by atoms with Crippen LogP contribution in [0.3, 0.4) is 0 Å². The van der Waals surface area contributed by atoms with Crippen LogP contribution in [0, 0.1) is 5.92 Å². The third-order valence-corrected chi connectivity index (χ3v) is 4.76. The molecule has 5 nitrogen and oxygen atoms in total. The molecular weight excluding hydrogens is 268 g/mol. The number of carbonyl (C=O) groups is 2. The number of aliphatic carboxylic acids is 1. The Kier molecular flexibility index (Phi) is 6.99. The van der Waals surface area contributed by atoms with E-state index in [1.165, 1.54) is 0 Å². The van der Waals surface area contributed by atoms with Crippen LogP contribution in [-0.2, 0) is 4.79 Å². The van der Waals surface area contributed by atoms with E-state index in [2.05, 4.69) is 19.2 Å². The predicted octanol–water partition coefficient (Wildman–Crippen LogP) is 3.24. The highest BCUT2D eigenvalue weighted by Crippen LogP contribution is 2.28. The van der Waals surface area contributed by atoms with Gasteiger partial charge in [0.2, 0.25) is 0 Å². The third-order valence-electron chi connectivity index (χ3n) is 4.76. The van der Waals surface area contributed by atoms with Gasteiger partial charge in [0.1, 0.15) is 5.54 Å². The summed E-state index contributed by atoms with van der Waals surface area (Å²) < 4.78 is 0. The molecule has 0 aliphatic heterocycles. The smallest absolute Gasteiger partial charge is 0.329 e. The van der Waals surface area contributed by atoms with Gasteiger partial charge in [0.05, 0.1) is 0 Å². The van der Waals surface area contributed by atoms with E-state index in [1.807, 2.05) is 6.92 Å². The van der Waals surface area contributed by atoms with Gasteiger partial charge in [0, 0.05) is 13.1 Å². The largest absolute Gasteiger partial charge is 0.480 e. The minimum atomic E-state index is -1.06. The number of nitrogens with zero attached hydrogens (tertiary/aromatic N) is 1. The van der Waals surface area contributed by atoms with E-state index in [1.54, 1.807) is 4.90 Å². The van der Waals surface area contributed by atoms with Gasteiger partial charge in [-0.15, -0.1) is 0 Å². The number of carboxylic acids is 1. The summed E-state index contributed by atoms with van der Waals surface area (Å²) in [5.74, 6) is -0.419. The molecule has 0 aromatic heterocycles. The van der Waals surface area contributed by atoms with E-state index >= 15 is 0 Å². The number of amides is 2. The van der Waals surface area contributed by atoms with E-state index in [4.69, 9.17) is 0 Å². The first-order valence-electron chi connectivity index (χ1n) is 8.29. The highest BCUT2D eigenvalue weighted by atomic mass is 16.4. The van der Waals surface area contributed by atoms with Crippen LogP contribution >= 0.6 is 0 Å². The average Bonchev–Trinajstić information content (AvgIpc) is 2.49. The van der Waals surface area contributed by atoms with Crippen LogP contribution in [0.4, 0.5) is 4.79 Å². The maximum atomic E-state index is 12.5. The first kappa shape index (κ1) is 17.8. The second-order valence-electron chi connectivity index (χ2n) is 6.10. The maximum absolute atomic E-state index is 12.5. The van der Waals surface area contributed by atoms with Crippen LogP contribution in [-0.4, -0.2) is 40.6 Å². The van der Waals surface area contributed by atoms with E-state index < -0.39 is 11.5 Å². The minimum Gasteiger partial charge on any atom is -0.480 e. The van der Waals surface area contributed by atoms with E-state index in [-0.39, 0.29) is 6.03 Å². The number of hydrogen-bond donors (Lipinski definition) is 2. The van der Waals surface area contributed by atoms with Crippen LogP contribution in [0.2, 0.25) is 0 Å². The van der Waals surface area contributed by atoms with Crippen LogP contribution in [0.1, 0.15) is 65.7 Å². The highest BCUT2D eigenvalue weighted by molar-refractivity contribution is 5.86. The molecule has 21 heavy (non-hydrogen) atoms. The molecule has 0 aromatic carbocycles. The molecule has 0 radical (unpaired) electrons. The molecule has 0 saturated heterocycles. The van der Waals surface area contributed by atoms with Crippen molar-refractivity contribution in [3.63, 3.8) is 0 Å². The number of carbonyl (C=O) groups excluding carboxylic acids is 1. The van der Waals surface area contributed by atoms with E-state index in [0.717, 1.165) is 32.1 Å². The lowest BCUT2D eigenvalue weighted by Crippen LogP contribution is -2.59. The lowest BCUT2D eigenvalue weighted by molar-refractivity contribution is -0.146. The Hall–Kier alpha value is -1.26. The molecule has 5 heteroatoms. The van der Waals surface area contributed by atoms with Crippen molar-refractivity contribution in [3.05, 3.63) is 0 Å². The lowest BCUT2D eigenvalue weighted by Gasteiger charge is -2.36. The second kappa shape index (κ2) is 8.25. The summed E-state index contributed by atoms with van der Waals surface area (Å²) in [7, 11) is 0. The normalized spacial score (nSPS) is 17.5. The Morgan fingerprint density at radius 2 is 1.71 bits per heavy atom. The van der Waals surface area contributed by atoms with Gasteiger partial charge in [-0.1, -0.05) is 46.0 Å². The fraction of sp³-hybridized carbons (Fsp3) is 0.875. The Morgan fingerprint density at radius 1 is 1.14 bits per heavy atom. The molecule has 0 bridgehead atoms. The fourth-order valence-corrected chi connectivity index (χ4v) is 3.05. The molecule has 0 unspecified atom stereocenters. The summed E-state index contributed by atoms with van der Waals surface area (Å²) in [5, 5.41) is 12.4. The Bertz CT molecular complexity index is 347. The Labute approximate surface area is 128 Å². The number of hydrogen-bond acceptors (Lipinski definition) is 2. The van der Waals surface area contributed by atoms with Gasteiger partial charge < -0.3 is 15.3 Å². The van der Waals surface area contributed by atoms with Gasteiger partial charge >= 0.3 is 12.0 Å². The van der Waals surface area contributed by atoms with Gasteiger partial charge in [0.15, 0.2) is 0 Å². The van der Waals surface area contributed by atoms with Crippen molar-refractivity contribution >= 4 is 12.0 Å². The molecule has 0 atom stereocenters. The summed E-state index contributed by atoms with van der Waals surface area (Å²) in [6, 6.07) is -0.228. The van der Waals surface area contributed by atoms with Gasteiger partial charge in [-0.05, 0) is 25.7 Å². The van der Waals surface area contributed by atoms with Crippen molar-refractivity contribution in [1.29, 1.82) is 0 Å². The predicted molar refractivity (Wildman–Crippen MR) is 83.3 cm³/mol. The second-order valence-corrected chi connectivity index (χ2v) is 6.10.